The number of aliphatic hydroxyl groups excluding tert-OH is 1. The van der Waals surface area contributed by atoms with Gasteiger partial charge in [-0.25, -0.2) is 8.42 Å². The zero-order valence-corrected chi connectivity index (χ0v) is 10.6. The molecule has 4 nitrogen and oxygen atoms in total. The average Bonchev–Trinajstić information content (AvgIpc) is 2.53. The standard InChI is InChI=1S/C12H17NO3S/c1-2-9-3-5-10(6-4-9)13-11-7-17(15,16)8-12(11)14/h3-6,11-14H,2,7-8H2,1H3/t11-,12-/m1/s1. The summed E-state index contributed by atoms with van der Waals surface area (Å²) in [6.07, 6.45) is 0.159. The minimum Gasteiger partial charge on any atom is -0.390 e. The van der Waals surface area contributed by atoms with Gasteiger partial charge in [0.25, 0.3) is 0 Å². The molecule has 0 bridgehead atoms. The molecule has 2 N–H and O–H groups in total. The van der Waals surface area contributed by atoms with E-state index >= 15 is 0 Å². The molecule has 0 amide bonds. The van der Waals surface area contributed by atoms with Crippen molar-refractivity contribution in [3.8, 4) is 0 Å². The van der Waals surface area contributed by atoms with Crippen molar-refractivity contribution in [1.29, 1.82) is 0 Å². The van der Waals surface area contributed by atoms with Crippen LogP contribution in [0.2, 0.25) is 0 Å². The van der Waals surface area contributed by atoms with Crippen LogP contribution in [0.5, 0.6) is 0 Å². The van der Waals surface area contributed by atoms with Gasteiger partial charge in [0.05, 0.1) is 23.7 Å². The van der Waals surface area contributed by atoms with Gasteiger partial charge in [-0.15, -0.1) is 0 Å². The highest BCUT2D eigenvalue weighted by atomic mass is 32.2. The molecule has 2 atom stereocenters. The van der Waals surface area contributed by atoms with Crippen molar-refractivity contribution < 1.29 is 13.5 Å². The number of aliphatic hydroxyl groups is 1. The minimum absolute atomic E-state index is 0.00367. The lowest BCUT2D eigenvalue weighted by Gasteiger charge is -2.16. The van der Waals surface area contributed by atoms with Crippen molar-refractivity contribution in [3.05, 3.63) is 29.8 Å². The Hall–Kier alpha value is -1.07. The topological polar surface area (TPSA) is 66.4 Å². The van der Waals surface area contributed by atoms with E-state index < -0.39 is 22.0 Å². The lowest BCUT2D eigenvalue weighted by Crippen LogP contribution is -2.31. The average molecular weight is 255 g/mol. The lowest BCUT2D eigenvalue weighted by atomic mass is 10.1. The molecule has 1 fully saturated rings. The van der Waals surface area contributed by atoms with Gasteiger partial charge in [0.15, 0.2) is 9.84 Å². The first-order chi connectivity index (χ1) is 8.00. The summed E-state index contributed by atoms with van der Waals surface area (Å²) >= 11 is 0. The summed E-state index contributed by atoms with van der Waals surface area (Å²) in [5, 5.41) is 12.7. The molecular formula is C12H17NO3S. The van der Waals surface area contributed by atoms with Gasteiger partial charge >= 0.3 is 0 Å². The van der Waals surface area contributed by atoms with Crippen LogP contribution >= 0.6 is 0 Å². The first-order valence-electron chi connectivity index (χ1n) is 5.74. The second-order valence-corrected chi connectivity index (χ2v) is 6.60. The van der Waals surface area contributed by atoms with E-state index in [-0.39, 0.29) is 11.5 Å². The zero-order chi connectivity index (χ0) is 12.5. The van der Waals surface area contributed by atoms with Crippen molar-refractivity contribution in [1.82, 2.24) is 0 Å². The van der Waals surface area contributed by atoms with Crippen LogP contribution in [0.25, 0.3) is 0 Å². The Morgan fingerprint density at radius 3 is 2.41 bits per heavy atom. The molecule has 1 heterocycles. The monoisotopic (exact) mass is 255 g/mol. The van der Waals surface area contributed by atoms with Crippen LogP contribution in [-0.2, 0) is 16.3 Å². The van der Waals surface area contributed by atoms with E-state index in [0.29, 0.717) is 0 Å². The Kier molecular flexibility index (Phi) is 3.40. The smallest absolute Gasteiger partial charge is 0.155 e. The maximum Gasteiger partial charge on any atom is 0.155 e. The summed E-state index contributed by atoms with van der Waals surface area (Å²) < 4.78 is 22.7. The fraction of sp³-hybridized carbons (Fsp3) is 0.500. The molecule has 17 heavy (non-hydrogen) atoms. The van der Waals surface area contributed by atoms with E-state index in [1.54, 1.807) is 0 Å². The summed E-state index contributed by atoms with van der Waals surface area (Å²) in [5.74, 6) is -0.137. The van der Waals surface area contributed by atoms with Gasteiger partial charge in [0.2, 0.25) is 0 Å². The van der Waals surface area contributed by atoms with Crippen molar-refractivity contribution in [2.45, 2.75) is 25.5 Å². The van der Waals surface area contributed by atoms with Gasteiger partial charge in [-0.2, -0.15) is 0 Å². The third-order valence-corrected chi connectivity index (χ3v) is 4.75. The number of hydrogen-bond donors (Lipinski definition) is 2. The van der Waals surface area contributed by atoms with Gasteiger partial charge in [-0.1, -0.05) is 19.1 Å². The molecular weight excluding hydrogens is 238 g/mol. The summed E-state index contributed by atoms with van der Waals surface area (Å²) in [7, 11) is -3.09. The fourth-order valence-corrected chi connectivity index (χ4v) is 3.76. The normalized spacial score (nSPS) is 26.9. The molecule has 0 aromatic heterocycles. The molecule has 2 rings (SSSR count). The van der Waals surface area contributed by atoms with Gasteiger partial charge < -0.3 is 10.4 Å². The molecule has 1 aromatic carbocycles. The highest BCUT2D eigenvalue weighted by Crippen LogP contribution is 2.18. The van der Waals surface area contributed by atoms with Crippen LogP contribution in [0, 0.1) is 0 Å². The number of sulfone groups is 1. The molecule has 94 valence electrons. The minimum atomic E-state index is -3.09. The van der Waals surface area contributed by atoms with E-state index in [4.69, 9.17) is 0 Å². The second-order valence-electron chi connectivity index (χ2n) is 4.45. The molecule has 1 aromatic rings. The Labute approximate surface area is 102 Å². The van der Waals surface area contributed by atoms with Crippen LogP contribution < -0.4 is 5.32 Å². The third-order valence-electron chi connectivity index (χ3n) is 3.04. The maximum absolute atomic E-state index is 11.3. The lowest BCUT2D eigenvalue weighted by molar-refractivity contribution is 0.190. The Morgan fingerprint density at radius 2 is 1.94 bits per heavy atom. The van der Waals surface area contributed by atoms with Crippen molar-refractivity contribution in [2.75, 3.05) is 16.8 Å². The van der Waals surface area contributed by atoms with Crippen LogP contribution in [0.4, 0.5) is 5.69 Å². The molecule has 1 aliphatic rings. The summed E-state index contributed by atoms with van der Waals surface area (Å²) in [6.45, 7) is 2.08. The number of hydrogen-bond acceptors (Lipinski definition) is 4. The highest BCUT2D eigenvalue weighted by Gasteiger charge is 2.36. The second kappa shape index (κ2) is 4.66. The van der Waals surface area contributed by atoms with Crippen molar-refractivity contribution in [3.63, 3.8) is 0 Å². The van der Waals surface area contributed by atoms with Gasteiger partial charge in [-0.05, 0) is 24.1 Å². The first kappa shape index (κ1) is 12.4. The number of rotatable bonds is 3. The number of aryl methyl sites for hydroxylation is 1. The highest BCUT2D eigenvalue weighted by molar-refractivity contribution is 7.91. The molecule has 0 radical (unpaired) electrons. The predicted molar refractivity (Wildman–Crippen MR) is 67.9 cm³/mol. The Morgan fingerprint density at radius 1 is 1.29 bits per heavy atom. The van der Waals surface area contributed by atoms with Crippen LogP contribution in [0.1, 0.15) is 12.5 Å². The molecule has 1 saturated heterocycles. The molecule has 0 saturated carbocycles. The first-order valence-corrected chi connectivity index (χ1v) is 7.56. The van der Waals surface area contributed by atoms with Crippen molar-refractivity contribution >= 4 is 15.5 Å². The Balaban J connectivity index is 2.06. The predicted octanol–water partition coefficient (Wildman–Crippen LogP) is 0.819. The fourth-order valence-electron chi connectivity index (χ4n) is 2.02. The van der Waals surface area contributed by atoms with Crippen molar-refractivity contribution in [2.24, 2.45) is 0 Å². The van der Waals surface area contributed by atoms with E-state index in [0.717, 1.165) is 12.1 Å². The third kappa shape index (κ3) is 2.98. The van der Waals surface area contributed by atoms with E-state index in [1.807, 2.05) is 24.3 Å². The molecule has 0 aliphatic carbocycles. The molecule has 1 aliphatic heterocycles. The number of nitrogens with one attached hydrogen (secondary N) is 1. The van der Waals surface area contributed by atoms with E-state index in [9.17, 15) is 13.5 Å². The maximum atomic E-state index is 11.3. The van der Waals surface area contributed by atoms with E-state index in [2.05, 4.69) is 12.2 Å². The molecule has 5 heteroatoms. The number of benzene rings is 1. The quantitative estimate of drug-likeness (QED) is 0.839. The van der Waals surface area contributed by atoms with Gasteiger partial charge in [0, 0.05) is 5.69 Å². The molecule has 0 unspecified atom stereocenters. The molecule has 0 spiro atoms. The zero-order valence-electron chi connectivity index (χ0n) is 9.76. The van der Waals surface area contributed by atoms with Crippen LogP contribution in [-0.4, -0.2) is 37.2 Å². The van der Waals surface area contributed by atoms with Gasteiger partial charge in [-0.3, -0.25) is 0 Å². The summed E-state index contributed by atoms with van der Waals surface area (Å²) in [4.78, 5) is 0. The van der Waals surface area contributed by atoms with Crippen LogP contribution in [0.3, 0.4) is 0 Å². The largest absolute Gasteiger partial charge is 0.390 e. The van der Waals surface area contributed by atoms with Gasteiger partial charge in [0.1, 0.15) is 0 Å². The van der Waals surface area contributed by atoms with Crippen LogP contribution in [0.15, 0.2) is 24.3 Å². The summed E-state index contributed by atoms with van der Waals surface area (Å²) in [5.41, 5.74) is 2.08. The number of anilines is 1. The van der Waals surface area contributed by atoms with E-state index in [1.165, 1.54) is 5.56 Å². The Bertz CT molecular complexity index is 481. The SMILES string of the molecule is CCc1ccc(N[C@@H]2CS(=O)(=O)C[C@H]2O)cc1. The summed E-state index contributed by atoms with van der Waals surface area (Å²) in [6, 6.07) is 7.43.